The Morgan fingerprint density at radius 1 is 1.10 bits per heavy atom. The number of nitrogens with one attached hydrogen (secondary N) is 1. The van der Waals surface area contributed by atoms with Crippen molar-refractivity contribution >= 4 is 23.0 Å². The van der Waals surface area contributed by atoms with Crippen LogP contribution in [-0.2, 0) is 0 Å². The summed E-state index contributed by atoms with van der Waals surface area (Å²) in [6.07, 6.45) is 0. The number of aryl methyl sites for hydroxylation is 2. The second kappa shape index (κ2) is 5.62. The molecule has 0 amide bonds. The van der Waals surface area contributed by atoms with E-state index in [0.29, 0.717) is 5.69 Å². The average Bonchev–Trinajstić information content (AvgIpc) is 2.42. The molecule has 0 radical (unpaired) electrons. The Morgan fingerprint density at radius 2 is 1.71 bits per heavy atom. The van der Waals surface area contributed by atoms with Gasteiger partial charge in [0.1, 0.15) is 5.56 Å². The van der Waals surface area contributed by atoms with E-state index in [0.717, 1.165) is 16.8 Å². The Hall–Kier alpha value is -2.89. The maximum atomic E-state index is 11.1. The number of carboxylic acids is 1. The van der Waals surface area contributed by atoms with Crippen molar-refractivity contribution in [3.63, 3.8) is 0 Å². The summed E-state index contributed by atoms with van der Waals surface area (Å²) >= 11 is 0. The molecule has 2 rings (SSSR count). The number of hydrogen-bond acceptors (Lipinski definition) is 4. The number of hydrogen-bond donors (Lipinski definition) is 2. The monoisotopic (exact) mass is 286 g/mol. The molecule has 0 saturated carbocycles. The van der Waals surface area contributed by atoms with Crippen LogP contribution in [0.1, 0.15) is 21.5 Å². The van der Waals surface area contributed by atoms with Crippen molar-refractivity contribution < 1.29 is 14.8 Å². The maximum Gasteiger partial charge on any atom is 0.342 e. The molecule has 0 fully saturated rings. The first kappa shape index (κ1) is 14.5. The number of anilines is 2. The minimum Gasteiger partial charge on any atom is -0.477 e. The lowest BCUT2D eigenvalue weighted by atomic mass is 10.1. The second-order valence-electron chi connectivity index (χ2n) is 4.72. The fraction of sp³-hybridized carbons (Fsp3) is 0.133. The Kier molecular flexibility index (Phi) is 3.89. The van der Waals surface area contributed by atoms with Crippen molar-refractivity contribution in [2.24, 2.45) is 0 Å². The Bertz CT molecular complexity index is 726. The summed E-state index contributed by atoms with van der Waals surface area (Å²) in [6.45, 7) is 3.96. The van der Waals surface area contributed by atoms with E-state index in [1.165, 1.54) is 18.2 Å². The molecular formula is C15H14N2O4. The SMILES string of the molecule is Cc1ccc(Nc2ccc([N+](=O)[O-])c(C(=O)O)c2)cc1C. The summed E-state index contributed by atoms with van der Waals surface area (Å²) in [4.78, 5) is 21.2. The fourth-order valence-corrected chi connectivity index (χ4v) is 1.93. The highest BCUT2D eigenvalue weighted by Crippen LogP contribution is 2.25. The number of rotatable bonds is 4. The van der Waals surface area contributed by atoms with Crippen molar-refractivity contribution in [2.75, 3.05) is 5.32 Å². The molecular weight excluding hydrogens is 272 g/mol. The van der Waals surface area contributed by atoms with E-state index >= 15 is 0 Å². The Morgan fingerprint density at radius 3 is 2.29 bits per heavy atom. The van der Waals surface area contributed by atoms with Crippen molar-refractivity contribution in [1.29, 1.82) is 0 Å². The van der Waals surface area contributed by atoms with Gasteiger partial charge in [0.2, 0.25) is 0 Å². The number of nitrogens with zero attached hydrogens (tertiary/aromatic N) is 1. The van der Waals surface area contributed by atoms with Gasteiger partial charge in [-0.05, 0) is 49.2 Å². The van der Waals surface area contributed by atoms with Crippen LogP contribution in [0.25, 0.3) is 0 Å². The minimum absolute atomic E-state index is 0.339. The first-order valence-electron chi connectivity index (χ1n) is 6.24. The summed E-state index contributed by atoms with van der Waals surface area (Å²) in [5, 5.41) is 22.9. The third-order valence-corrected chi connectivity index (χ3v) is 3.22. The van der Waals surface area contributed by atoms with Crippen LogP contribution in [0.5, 0.6) is 0 Å². The summed E-state index contributed by atoms with van der Waals surface area (Å²) in [7, 11) is 0. The highest BCUT2D eigenvalue weighted by Gasteiger charge is 2.19. The Balaban J connectivity index is 2.36. The van der Waals surface area contributed by atoms with Crippen molar-refractivity contribution in [1.82, 2.24) is 0 Å². The van der Waals surface area contributed by atoms with Crippen LogP contribution in [-0.4, -0.2) is 16.0 Å². The van der Waals surface area contributed by atoms with E-state index in [2.05, 4.69) is 5.32 Å². The lowest BCUT2D eigenvalue weighted by Gasteiger charge is -2.09. The molecule has 0 atom stereocenters. The van der Waals surface area contributed by atoms with Gasteiger partial charge in [0.05, 0.1) is 4.92 Å². The largest absolute Gasteiger partial charge is 0.477 e. The van der Waals surface area contributed by atoms with Gasteiger partial charge in [-0.2, -0.15) is 0 Å². The van der Waals surface area contributed by atoms with Crippen LogP contribution in [0, 0.1) is 24.0 Å². The number of nitro benzene ring substituents is 1. The molecule has 0 aliphatic carbocycles. The molecule has 6 heteroatoms. The fourth-order valence-electron chi connectivity index (χ4n) is 1.93. The van der Waals surface area contributed by atoms with Crippen molar-refractivity contribution in [2.45, 2.75) is 13.8 Å². The summed E-state index contributed by atoms with van der Waals surface area (Å²) < 4.78 is 0. The molecule has 0 bridgehead atoms. The van der Waals surface area contributed by atoms with E-state index in [-0.39, 0.29) is 5.56 Å². The van der Waals surface area contributed by atoms with E-state index in [1.54, 1.807) is 0 Å². The van der Waals surface area contributed by atoms with Crippen molar-refractivity contribution in [3.8, 4) is 0 Å². The van der Waals surface area contributed by atoms with E-state index in [9.17, 15) is 14.9 Å². The molecule has 0 aromatic heterocycles. The molecule has 0 aliphatic heterocycles. The number of carbonyl (C=O) groups is 1. The van der Waals surface area contributed by atoms with Crippen LogP contribution in [0.3, 0.4) is 0 Å². The molecule has 2 N–H and O–H groups in total. The molecule has 108 valence electrons. The van der Waals surface area contributed by atoms with Gasteiger partial charge < -0.3 is 10.4 Å². The molecule has 21 heavy (non-hydrogen) atoms. The normalized spacial score (nSPS) is 10.2. The first-order chi connectivity index (χ1) is 9.88. The number of nitro groups is 1. The van der Waals surface area contributed by atoms with Crippen LogP contribution < -0.4 is 5.32 Å². The van der Waals surface area contributed by atoms with E-state index in [1.807, 2.05) is 32.0 Å². The molecule has 0 saturated heterocycles. The summed E-state index contributed by atoms with van der Waals surface area (Å²) in [5.74, 6) is -1.33. The molecule has 0 heterocycles. The summed E-state index contributed by atoms with van der Waals surface area (Å²) in [6, 6.07) is 9.67. The zero-order chi connectivity index (χ0) is 15.6. The number of benzene rings is 2. The maximum absolute atomic E-state index is 11.1. The number of aromatic carboxylic acids is 1. The molecule has 0 aliphatic rings. The smallest absolute Gasteiger partial charge is 0.342 e. The van der Waals surface area contributed by atoms with Gasteiger partial charge in [-0.3, -0.25) is 10.1 Å². The van der Waals surface area contributed by atoms with Gasteiger partial charge in [-0.15, -0.1) is 0 Å². The predicted octanol–water partition coefficient (Wildman–Crippen LogP) is 3.65. The minimum atomic E-state index is -1.33. The lowest BCUT2D eigenvalue weighted by molar-refractivity contribution is -0.385. The van der Waals surface area contributed by atoms with Crippen LogP contribution >= 0.6 is 0 Å². The molecule has 0 spiro atoms. The van der Waals surface area contributed by atoms with Gasteiger partial charge in [0.15, 0.2) is 0 Å². The quantitative estimate of drug-likeness (QED) is 0.661. The van der Waals surface area contributed by atoms with Crippen molar-refractivity contribution in [3.05, 3.63) is 63.2 Å². The van der Waals surface area contributed by atoms with Crippen LogP contribution in [0.15, 0.2) is 36.4 Å². The van der Waals surface area contributed by atoms with Crippen LogP contribution in [0.2, 0.25) is 0 Å². The molecule has 0 unspecified atom stereocenters. The van der Waals surface area contributed by atoms with Gasteiger partial charge in [0.25, 0.3) is 5.69 Å². The molecule has 2 aromatic carbocycles. The van der Waals surface area contributed by atoms with E-state index in [4.69, 9.17) is 5.11 Å². The van der Waals surface area contributed by atoms with Gasteiger partial charge in [-0.25, -0.2) is 4.79 Å². The topological polar surface area (TPSA) is 92.5 Å². The van der Waals surface area contributed by atoms with E-state index < -0.39 is 16.6 Å². The van der Waals surface area contributed by atoms with Gasteiger partial charge >= 0.3 is 5.97 Å². The lowest BCUT2D eigenvalue weighted by Crippen LogP contribution is -2.03. The van der Waals surface area contributed by atoms with Gasteiger partial charge in [-0.1, -0.05) is 6.07 Å². The third-order valence-electron chi connectivity index (χ3n) is 3.22. The highest BCUT2D eigenvalue weighted by atomic mass is 16.6. The number of carboxylic acid groups (broad SMARTS) is 1. The second-order valence-corrected chi connectivity index (χ2v) is 4.72. The third kappa shape index (κ3) is 3.17. The zero-order valence-electron chi connectivity index (χ0n) is 11.6. The average molecular weight is 286 g/mol. The highest BCUT2D eigenvalue weighted by molar-refractivity contribution is 5.93. The van der Waals surface area contributed by atoms with Gasteiger partial charge in [0, 0.05) is 17.4 Å². The standard InChI is InChI=1S/C15H14N2O4/c1-9-3-4-11(7-10(9)2)16-12-5-6-14(17(20)21)13(8-12)15(18)19/h3-8,16H,1-2H3,(H,18,19). The van der Waals surface area contributed by atoms with Crippen LogP contribution in [0.4, 0.5) is 17.1 Å². The first-order valence-corrected chi connectivity index (χ1v) is 6.24. The molecule has 2 aromatic rings. The summed E-state index contributed by atoms with van der Waals surface area (Å²) in [5.41, 5.74) is 2.77. The zero-order valence-corrected chi connectivity index (χ0v) is 11.6. The molecule has 6 nitrogen and oxygen atoms in total. The Labute approximate surface area is 121 Å². The predicted molar refractivity (Wildman–Crippen MR) is 79.3 cm³/mol.